The zero-order valence-corrected chi connectivity index (χ0v) is 17.4. The lowest BCUT2D eigenvalue weighted by molar-refractivity contribution is -0.140. The Labute approximate surface area is 160 Å². The summed E-state index contributed by atoms with van der Waals surface area (Å²) in [7, 11) is 0. The van der Waals surface area contributed by atoms with Gasteiger partial charge in [0.1, 0.15) is 11.4 Å². The van der Waals surface area contributed by atoms with Crippen molar-refractivity contribution in [3.05, 3.63) is 29.3 Å². The second kappa shape index (κ2) is 10.6. The van der Waals surface area contributed by atoms with Crippen LogP contribution in [0.1, 0.15) is 90.7 Å². The molecule has 148 valence electrons. The first-order valence-electron chi connectivity index (χ1n) is 10.1. The van der Waals surface area contributed by atoms with Crippen molar-refractivity contribution in [2.45, 2.75) is 98.0 Å². The Morgan fingerprint density at radius 1 is 0.923 bits per heavy atom. The van der Waals surface area contributed by atoms with Crippen LogP contribution < -0.4 is 0 Å². The first kappa shape index (κ1) is 22.5. The zero-order valence-electron chi connectivity index (χ0n) is 17.4. The highest BCUT2D eigenvalue weighted by molar-refractivity contribution is 5.38. The van der Waals surface area contributed by atoms with Gasteiger partial charge in [0.15, 0.2) is 0 Å². The van der Waals surface area contributed by atoms with Gasteiger partial charge in [0, 0.05) is 0 Å². The smallest absolute Gasteiger partial charge is 0.293 e. The Kier molecular flexibility index (Phi) is 9.18. The Morgan fingerprint density at radius 3 is 2.23 bits per heavy atom. The molecule has 1 aromatic carbocycles. The van der Waals surface area contributed by atoms with E-state index in [4.69, 9.17) is 4.74 Å². The molecule has 0 aliphatic rings. The van der Waals surface area contributed by atoms with Crippen molar-refractivity contribution >= 4 is 6.47 Å². The second-order valence-corrected chi connectivity index (χ2v) is 9.27. The predicted molar refractivity (Wildman–Crippen MR) is 109 cm³/mol. The van der Waals surface area contributed by atoms with Gasteiger partial charge in [0.25, 0.3) is 6.47 Å². The van der Waals surface area contributed by atoms with Crippen LogP contribution in [0, 0.1) is 5.41 Å². The predicted octanol–water partition coefficient (Wildman–Crippen LogP) is 6.21. The van der Waals surface area contributed by atoms with E-state index in [1.807, 2.05) is 26.0 Å². The topological polar surface area (TPSA) is 46.5 Å². The number of ether oxygens (including phenoxy) is 1. The summed E-state index contributed by atoms with van der Waals surface area (Å²) < 4.78 is 5.09. The highest BCUT2D eigenvalue weighted by Crippen LogP contribution is 2.25. The fraction of sp³-hybridized carbons (Fsp3) is 0.696. The van der Waals surface area contributed by atoms with Gasteiger partial charge in [-0.15, -0.1) is 0 Å². The molecule has 3 heteroatoms. The number of aryl methyl sites for hydroxylation is 2. The number of aromatic hydroxyl groups is 1. The average molecular weight is 363 g/mol. The van der Waals surface area contributed by atoms with Crippen LogP contribution in [0.15, 0.2) is 18.2 Å². The van der Waals surface area contributed by atoms with Crippen LogP contribution in [-0.4, -0.2) is 17.2 Å². The molecule has 0 bridgehead atoms. The number of hydrogen-bond acceptors (Lipinski definition) is 3. The van der Waals surface area contributed by atoms with Crippen LogP contribution in [0.4, 0.5) is 0 Å². The molecule has 0 saturated heterocycles. The SMILES string of the molecule is CC(C)(C)CCCCCc1cc(CCCCC(C)(C)OC=O)ccc1O. The number of carbonyl (C=O) groups is 1. The van der Waals surface area contributed by atoms with Crippen LogP contribution in [0.2, 0.25) is 0 Å². The first-order chi connectivity index (χ1) is 12.1. The largest absolute Gasteiger partial charge is 0.508 e. The van der Waals surface area contributed by atoms with Crippen molar-refractivity contribution in [2.75, 3.05) is 0 Å². The van der Waals surface area contributed by atoms with Gasteiger partial charge in [-0.05, 0) is 81.4 Å². The van der Waals surface area contributed by atoms with Gasteiger partial charge >= 0.3 is 0 Å². The molecular formula is C23H38O3. The van der Waals surface area contributed by atoms with E-state index >= 15 is 0 Å². The van der Waals surface area contributed by atoms with Crippen LogP contribution in [0.5, 0.6) is 5.75 Å². The molecule has 0 aromatic heterocycles. The summed E-state index contributed by atoms with van der Waals surface area (Å²) in [5.41, 5.74) is 2.38. The fourth-order valence-corrected chi connectivity index (χ4v) is 3.21. The number of carbonyl (C=O) groups excluding carboxylic acids is 1. The number of unbranched alkanes of at least 4 members (excludes halogenated alkanes) is 3. The maximum absolute atomic E-state index is 10.5. The molecule has 0 atom stereocenters. The maximum atomic E-state index is 10.5. The van der Waals surface area contributed by atoms with Crippen LogP contribution in [-0.2, 0) is 22.4 Å². The first-order valence-corrected chi connectivity index (χ1v) is 10.1. The Balaban J connectivity index is 2.38. The summed E-state index contributed by atoms with van der Waals surface area (Å²) >= 11 is 0. The summed E-state index contributed by atoms with van der Waals surface area (Å²) in [6.07, 6.45) is 9.73. The Bertz CT molecular complexity index is 541. The zero-order chi connectivity index (χ0) is 19.6. The van der Waals surface area contributed by atoms with Crippen molar-refractivity contribution in [3.8, 4) is 5.75 Å². The molecule has 1 rings (SSSR count). The maximum Gasteiger partial charge on any atom is 0.293 e. The summed E-state index contributed by atoms with van der Waals surface area (Å²) in [6, 6.07) is 6.01. The molecule has 0 radical (unpaired) electrons. The Morgan fingerprint density at radius 2 is 1.58 bits per heavy atom. The summed E-state index contributed by atoms with van der Waals surface area (Å²) in [5.74, 6) is 0.421. The van der Waals surface area contributed by atoms with Crippen molar-refractivity contribution in [3.63, 3.8) is 0 Å². The van der Waals surface area contributed by atoms with Crippen LogP contribution in [0.25, 0.3) is 0 Å². The lowest BCUT2D eigenvalue weighted by atomic mass is 9.89. The van der Waals surface area contributed by atoms with E-state index in [1.165, 1.54) is 24.8 Å². The lowest BCUT2D eigenvalue weighted by Crippen LogP contribution is -2.23. The number of rotatable bonds is 12. The Hall–Kier alpha value is -1.51. The number of phenols is 1. The van der Waals surface area contributed by atoms with E-state index in [-0.39, 0.29) is 5.60 Å². The molecule has 26 heavy (non-hydrogen) atoms. The monoisotopic (exact) mass is 362 g/mol. The molecule has 0 amide bonds. The second-order valence-electron chi connectivity index (χ2n) is 9.27. The van der Waals surface area contributed by atoms with Gasteiger partial charge in [0.2, 0.25) is 0 Å². The molecule has 0 aliphatic carbocycles. The number of phenolic OH excluding ortho intramolecular Hbond substituents is 1. The quantitative estimate of drug-likeness (QED) is 0.355. The van der Waals surface area contributed by atoms with Crippen LogP contribution >= 0.6 is 0 Å². The third kappa shape index (κ3) is 9.84. The number of benzene rings is 1. The minimum atomic E-state index is -0.380. The van der Waals surface area contributed by atoms with Gasteiger partial charge in [-0.3, -0.25) is 4.79 Å². The number of hydrogen-bond donors (Lipinski definition) is 1. The molecule has 0 aliphatic heterocycles. The van der Waals surface area contributed by atoms with E-state index < -0.39 is 0 Å². The molecule has 0 spiro atoms. The minimum absolute atomic E-state index is 0.380. The van der Waals surface area contributed by atoms with Gasteiger partial charge < -0.3 is 9.84 Å². The van der Waals surface area contributed by atoms with Gasteiger partial charge in [0.05, 0.1) is 0 Å². The molecule has 1 N–H and O–H groups in total. The normalized spacial score (nSPS) is 12.2. The molecule has 1 aromatic rings. The summed E-state index contributed by atoms with van der Waals surface area (Å²) in [6.45, 7) is 11.3. The molecular weight excluding hydrogens is 324 g/mol. The van der Waals surface area contributed by atoms with E-state index in [0.29, 0.717) is 17.6 Å². The van der Waals surface area contributed by atoms with Gasteiger partial charge in [-0.1, -0.05) is 45.7 Å². The van der Waals surface area contributed by atoms with Crippen molar-refractivity contribution in [1.82, 2.24) is 0 Å². The highest BCUT2D eigenvalue weighted by Gasteiger charge is 2.17. The highest BCUT2D eigenvalue weighted by atomic mass is 16.5. The third-order valence-electron chi connectivity index (χ3n) is 4.88. The molecule has 0 heterocycles. The van der Waals surface area contributed by atoms with Crippen molar-refractivity contribution in [1.29, 1.82) is 0 Å². The summed E-state index contributed by atoms with van der Waals surface area (Å²) in [4.78, 5) is 10.5. The third-order valence-corrected chi connectivity index (χ3v) is 4.88. The fourth-order valence-electron chi connectivity index (χ4n) is 3.21. The summed E-state index contributed by atoms with van der Waals surface area (Å²) in [5, 5.41) is 10.1. The van der Waals surface area contributed by atoms with Gasteiger partial charge in [-0.2, -0.15) is 0 Å². The van der Waals surface area contributed by atoms with Crippen molar-refractivity contribution in [2.24, 2.45) is 5.41 Å². The van der Waals surface area contributed by atoms with Crippen LogP contribution in [0.3, 0.4) is 0 Å². The van der Waals surface area contributed by atoms with E-state index in [1.54, 1.807) is 0 Å². The average Bonchev–Trinajstić information content (AvgIpc) is 2.52. The molecule has 0 unspecified atom stereocenters. The molecule has 3 nitrogen and oxygen atoms in total. The lowest BCUT2D eigenvalue weighted by Gasteiger charge is -2.22. The standard InChI is InChI=1S/C23H38O3/c1-22(2,3)15-9-6-7-12-20-17-19(13-14-21(20)25)11-8-10-16-23(4,5)26-18-24/h13-14,17-18,25H,6-12,15-16H2,1-5H3. The van der Waals surface area contributed by atoms with Crippen molar-refractivity contribution < 1.29 is 14.6 Å². The minimum Gasteiger partial charge on any atom is -0.508 e. The molecule has 0 fully saturated rings. The van der Waals surface area contributed by atoms with E-state index in [2.05, 4.69) is 26.8 Å². The molecule has 0 saturated carbocycles. The van der Waals surface area contributed by atoms with E-state index in [0.717, 1.165) is 44.1 Å². The van der Waals surface area contributed by atoms with Gasteiger partial charge in [-0.25, -0.2) is 0 Å². The van der Waals surface area contributed by atoms with E-state index in [9.17, 15) is 9.90 Å².